The molecule has 1 fully saturated rings. The largest absolute Gasteiger partial charge is 0.494 e. The van der Waals surface area contributed by atoms with Crippen LogP contribution >= 0.6 is 28.3 Å². The van der Waals surface area contributed by atoms with Crippen LogP contribution in [0.1, 0.15) is 12.5 Å². The van der Waals surface area contributed by atoms with E-state index < -0.39 is 10.0 Å². The number of nitrogens with zero attached hydrogens (tertiary/aromatic N) is 3. The van der Waals surface area contributed by atoms with E-state index in [2.05, 4.69) is 9.95 Å². The Morgan fingerprint density at radius 3 is 2.28 bits per heavy atom. The standard InChI is InChI=1S/C31H35N3O6S2.BrH/c1-4-40-26-10-8-25(9-11-26)32-31-34(16-15-23-5-14-29(37-2)30(21-23)38-3)28(22-41-31)24-6-12-27(13-7-24)42(35,36)33-17-19-39-20-18-33;/h5-14,21-22H,4,15-20H2,1-3H3;1H. The van der Waals surface area contributed by atoms with Gasteiger partial charge in [-0.15, -0.1) is 28.3 Å². The molecule has 230 valence electrons. The van der Waals surface area contributed by atoms with Crippen LogP contribution in [-0.4, -0.2) is 64.4 Å². The quantitative estimate of drug-likeness (QED) is 0.201. The lowest BCUT2D eigenvalue weighted by Crippen LogP contribution is -2.40. The highest BCUT2D eigenvalue weighted by Gasteiger charge is 2.26. The van der Waals surface area contributed by atoms with Crippen molar-refractivity contribution >= 4 is 44.0 Å². The van der Waals surface area contributed by atoms with E-state index in [0.717, 1.165) is 39.5 Å². The van der Waals surface area contributed by atoms with Crippen molar-refractivity contribution in [2.45, 2.75) is 24.8 Å². The minimum Gasteiger partial charge on any atom is -0.494 e. The van der Waals surface area contributed by atoms with Crippen molar-refractivity contribution in [1.82, 2.24) is 8.87 Å². The van der Waals surface area contributed by atoms with Gasteiger partial charge in [0.1, 0.15) is 5.75 Å². The van der Waals surface area contributed by atoms with Crippen LogP contribution < -0.4 is 19.0 Å². The van der Waals surface area contributed by atoms with E-state index in [1.165, 1.54) is 4.31 Å². The lowest BCUT2D eigenvalue weighted by Gasteiger charge is -2.26. The van der Waals surface area contributed by atoms with Crippen LogP contribution in [0.3, 0.4) is 0 Å². The molecule has 9 nitrogen and oxygen atoms in total. The molecular formula is C31H36BrN3O6S2. The Morgan fingerprint density at radius 1 is 0.930 bits per heavy atom. The molecule has 3 aromatic carbocycles. The third-order valence-electron chi connectivity index (χ3n) is 7.00. The van der Waals surface area contributed by atoms with Crippen LogP contribution in [0.15, 0.2) is 82.0 Å². The summed E-state index contributed by atoms with van der Waals surface area (Å²) in [6, 6.07) is 20.7. The molecule has 1 aliphatic heterocycles. The van der Waals surface area contributed by atoms with E-state index in [0.29, 0.717) is 51.0 Å². The van der Waals surface area contributed by atoms with Gasteiger partial charge in [-0.05, 0) is 73.0 Å². The average Bonchev–Trinajstić information content (AvgIpc) is 3.43. The Kier molecular flexibility index (Phi) is 11.4. The molecular weight excluding hydrogens is 654 g/mol. The van der Waals surface area contributed by atoms with E-state index in [1.807, 2.05) is 61.5 Å². The number of thiazole rings is 1. The van der Waals surface area contributed by atoms with Crippen molar-refractivity contribution in [3.05, 3.63) is 82.5 Å². The van der Waals surface area contributed by atoms with Gasteiger partial charge >= 0.3 is 0 Å². The predicted octanol–water partition coefficient (Wildman–Crippen LogP) is 5.71. The van der Waals surface area contributed by atoms with Gasteiger partial charge in [0.2, 0.25) is 10.0 Å². The van der Waals surface area contributed by atoms with Crippen molar-refractivity contribution < 1.29 is 27.4 Å². The van der Waals surface area contributed by atoms with Gasteiger partial charge in [0, 0.05) is 25.0 Å². The summed E-state index contributed by atoms with van der Waals surface area (Å²) in [6.07, 6.45) is 0.726. The molecule has 5 rings (SSSR count). The maximum Gasteiger partial charge on any atom is 0.243 e. The highest BCUT2D eigenvalue weighted by molar-refractivity contribution is 8.93. The Hall–Kier alpha value is -3.16. The number of sulfonamides is 1. The molecule has 0 saturated carbocycles. The molecule has 0 bridgehead atoms. The zero-order valence-corrected chi connectivity index (χ0v) is 27.7. The van der Waals surface area contributed by atoms with Crippen LogP contribution in [0.25, 0.3) is 11.3 Å². The van der Waals surface area contributed by atoms with E-state index in [9.17, 15) is 8.42 Å². The molecule has 1 aromatic heterocycles. The summed E-state index contributed by atoms with van der Waals surface area (Å²) >= 11 is 1.54. The zero-order valence-electron chi connectivity index (χ0n) is 24.4. The van der Waals surface area contributed by atoms with Gasteiger partial charge in [-0.3, -0.25) is 0 Å². The number of aryl methyl sites for hydroxylation is 1. The summed E-state index contributed by atoms with van der Waals surface area (Å²) < 4.78 is 51.8. The maximum absolute atomic E-state index is 13.2. The van der Waals surface area contributed by atoms with E-state index in [4.69, 9.17) is 23.9 Å². The Bertz CT molecular complexity index is 1660. The van der Waals surface area contributed by atoms with Crippen molar-refractivity contribution in [1.29, 1.82) is 0 Å². The molecule has 0 atom stereocenters. The first-order valence-electron chi connectivity index (χ1n) is 13.8. The van der Waals surface area contributed by atoms with E-state index in [-0.39, 0.29) is 21.9 Å². The van der Waals surface area contributed by atoms with Crippen LogP contribution in [0.2, 0.25) is 0 Å². The summed E-state index contributed by atoms with van der Waals surface area (Å²) in [5.41, 5.74) is 3.78. The molecule has 2 heterocycles. The van der Waals surface area contributed by atoms with Crippen molar-refractivity contribution in [3.63, 3.8) is 0 Å². The smallest absolute Gasteiger partial charge is 0.243 e. The van der Waals surface area contributed by atoms with Crippen molar-refractivity contribution in [2.75, 3.05) is 47.1 Å². The fraction of sp³-hybridized carbons (Fsp3) is 0.323. The fourth-order valence-corrected chi connectivity index (χ4v) is 7.13. The Balaban J connectivity index is 0.00000423. The lowest BCUT2D eigenvalue weighted by atomic mass is 10.1. The van der Waals surface area contributed by atoms with Gasteiger partial charge in [-0.1, -0.05) is 18.2 Å². The molecule has 0 amide bonds. The van der Waals surface area contributed by atoms with Crippen molar-refractivity contribution in [2.24, 2.45) is 4.99 Å². The topological polar surface area (TPSA) is 91.6 Å². The monoisotopic (exact) mass is 689 g/mol. The molecule has 1 aliphatic rings. The van der Waals surface area contributed by atoms with Crippen LogP contribution in [0.4, 0.5) is 5.69 Å². The molecule has 0 N–H and O–H groups in total. The van der Waals surface area contributed by atoms with Crippen LogP contribution in [0, 0.1) is 0 Å². The zero-order chi connectivity index (χ0) is 29.5. The number of benzene rings is 3. The second-order valence-electron chi connectivity index (χ2n) is 9.57. The number of ether oxygens (including phenoxy) is 4. The minimum absolute atomic E-state index is 0. The van der Waals surface area contributed by atoms with Gasteiger partial charge in [0.05, 0.1) is 50.3 Å². The highest BCUT2D eigenvalue weighted by atomic mass is 79.9. The van der Waals surface area contributed by atoms with Crippen molar-refractivity contribution in [3.8, 4) is 28.5 Å². The summed E-state index contributed by atoms with van der Waals surface area (Å²) in [5.74, 6) is 2.17. The molecule has 0 radical (unpaired) electrons. The number of aromatic nitrogens is 1. The molecule has 0 aliphatic carbocycles. The minimum atomic E-state index is -3.57. The second-order valence-corrected chi connectivity index (χ2v) is 12.3. The number of rotatable bonds is 11. The summed E-state index contributed by atoms with van der Waals surface area (Å²) in [7, 11) is -0.324. The fourth-order valence-electron chi connectivity index (χ4n) is 4.77. The Morgan fingerprint density at radius 2 is 1.63 bits per heavy atom. The van der Waals surface area contributed by atoms with Gasteiger partial charge in [-0.25, -0.2) is 13.4 Å². The number of hydrogen-bond acceptors (Lipinski definition) is 8. The third kappa shape index (κ3) is 7.68. The SMILES string of the molecule is Br.CCOc1ccc(N=c2scc(-c3ccc(S(=O)(=O)N4CCOCC4)cc3)n2CCc2ccc(OC)c(OC)c2)cc1. The highest BCUT2D eigenvalue weighted by Crippen LogP contribution is 2.29. The van der Waals surface area contributed by atoms with Crippen LogP contribution in [-0.2, 0) is 27.7 Å². The number of methoxy groups -OCH3 is 2. The first-order valence-corrected chi connectivity index (χ1v) is 16.1. The molecule has 12 heteroatoms. The first kappa shape index (κ1) is 32.7. The normalized spacial score (nSPS) is 14.3. The third-order valence-corrected chi connectivity index (χ3v) is 9.78. The average molecular weight is 691 g/mol. The summed E-state index contributed by atoms with van der Waals surface area (Å²) in [6.45, 7) is 4.75. The van der Waals surface area contributed by atoms with Crippen LogP contribution in [0.5, 0.6) is 17.2 Å². The number of hydrogen-bond donors (Lipinski definition) is 0. The maximum atomic E-state index is 13.2. The summed E-state index contributed by atoms with van der Waals surface area (Å²) in [4.78, 5) is 6.06. The molecule has 1 saturated heterocycles. The second kappa shape index (κ2) is 15.0. The molecule has 0 unspecified atom stereocenters. The molecule has 0 spiro atoms. The summed E-state index contributed by atoms with van der Waals surface area (Å²) in [5, 5.41) is 2.06. The van der Waals surface area contributed by atoms with Gasteiger partial charge < -0.3 is 23.5 Å². The van der Waals surface area contributed by atoms with E-state index in [1.54, 1.807) is 37.7 Å². The first-order chi connectivity index (χ1) is 20.4. The predicted molar refractivity (Wildman–Crippen MR) is 174 cm³/mol. The number of halogens is 1. The van der Waals surface area contributed by atoms with E-state index >= 15 is 0 Å². The number of morpholine rings is 1. The van der Waals surface area contributed by atoms with Gasteiger partial charge in [-0.2, -0.15) is 4.31 Å². The molecule has 43 heavy (non-hydrogen) atoms. The Labute approximate surface area is 267 Å². The van der Waals surface area contributed by atoms with Gasteiger partial charge in [0.15, 0.2) is 16.3 Å². The molecule has 4 aromatic rings. The lowest BCUT2D eigenvalue weighted by molar-refractivity contribution is 0.0730. The van der Waals surface area contributed by atoms with Gasteiger partial charge in [0.25, 0.3) is 0 Å².